The summed E-state index contributed by atoms with van der Waals surface area (Å²) in [7, 11) is 1.59. The predicted molar refractivity (Wildman–Crippen MR) is 96.0 cm³/mol. The molecule has 126 valence electrons. The summed E-state index contributed by atoms with van der Waals surface area (Å²) in [4.78, 5) is 0. The Hall–Kier alpha value is -3.00. The number of phenols is 3. The van der Waals surface area contributed by atoms with Crippen molar-refractivity contribution in [1.29, 1.82) is 0 Å². The fourth-order valence-electron chi connectivity index (χ4n) is 1.89. The Labute approximate surface area is 144 Å². The molecule has 0 bridgehead atoms. The number of hydrogen-bond donors (Lipinski definition) is 5. The molecule has 0 aliphatic rings. The molecule has 0 fully saturated rings. The molecule has 0 aromatic heterocycles. The number of methoxy groups -OCH3 is 1. The topological polar surface area (TPSA) is 106 Å². The van der Waals surface area contributed by atoms with Gasteiger partial charge in [0.15, 0.2) is 16.6 Å². The lowest BCUT2D eigenvalue weighted by Crippen LogP contribution is -2.24. The van der Waals surface area contributed by atoms with Crippen molar-refractivity contribution in [1.82, 2.24) is 5.43 Å². The highest BCUT2D eigenvalue weighted by Crippen LogP contribution is 2.37. The molecular weight excluding hydrogens is 330 g/mol. The molecule has 8 heteroatoms. The Morgan fingerprint density at radius 1 is 1.04 bits per heavy atom. The van der Waals surface area contributed by atoms with E-state index in [-0.39, 0.29) is 10.7 Å². The van der Waals surface area contributed by atoms with Gasteiger partial charge in [0.05, 0.1) is 12.8 Å². The van der Waals surface area contributed by atoms with Crippen LogP contribution in [0, 0.1) is 0 Å². The molecule has 5 N–H and O–H groups in total. The Morgan fingerprint density at radius 3 is 2.33 bits per heavy atom. The van der Waals surface area contributed by atoms with Gasteiger partial charge in [0.2, 0.25) is 5.75 Å². The molecule has 2 aromatic carbocycles. The molecule has 0 atom stereocenters. The molecule has 0 heterocycles. The van der Waals surface area contributed by atoms with Gasteiger partial charge in [0.25, 0.3) is 0 Å². The monoisotopic (exact) mass is 347 g/mol. The minimum Gasteiger partial charge on any atom is -0.504 e. The van der Waals surface area contributed by atoms with Gasteiger partial charge in [-0.2, -0.15) is 5.10 Å². The smallest absolute Gasteiger partial charge is 0.200 e. The maximum Gasteiger partial charge on any atom is 0.200 e. The SMILES string of the molecule is COc1ccc(NC(=S)N/N=C(\C)c2ccc(O)c(O)c2O)cc1. The van der Waals surface area contributed by atoms with E-state index in [0.29, 0.717) is 5.71 Å². The van der Waals surface area contributed by atoms with Gasteiger partial charge in [-0.15, -0.1) is 0 Å². The van der Waals surface area contributed by atoms with Gasteiger partial charge < -0.3 is 25.4 Å². The minimum atomic E-state index is -0.596. The fraction of sp³-hybridized carbons (Fsp3) is 0.125. The van der Waals surface area contributed by atoms with Gasteiger partial charge in [-0.05, 0) is 55.5 Å². The lowest BCUT2D eigenvalue weighted by molar-refractivity contribution is 0.367. The standard InChI is InChI=1S/C16H17N3O4S/c1-9(12-7-8-13(20)15(22)14(12)21)18-19-16(24)17-10-3-5-11(23-2)6-4-10/h3-8,20-22H,1-2H3,(H2,17,19,24)/b18-9+. The summed E-state index contributed by atoms with van der Waals surface area (Å²) in [6.45, 7) is 1.62. The molecule has 0 aliphatic heterocycles. The van der Waals surface area contributed by atoms with E-state index in [9.17, 15) is 15.3 Å². The summed E-state index contributed by atoms with van der Waals surface area (Å²) in [6, 6.07) is 9.87. The second-order valence-electron chi connectivity index (χ2n) is 4.82. The average molecular weight is 347 g/mol. The number of anilines is 1. The van der Waals surface area contributed by atoms with Crippen molar-refractivity contribution in [3.05, 3.63) is 42.0 Å². The van der Waals surface area contributed by atoms with Crippen LogP contribution in [-0.2, 0) is 0 Å². The first-order valence-corrected chi connectivity index (χ1v) is 7.32. The molecule has 0 saturated carbocycles. The van der Waals surface area contributed by atoms with Crippen molar-refractivity contribution < 1.29 is 20.1 Å². The van der Waals surface area contributed by atoms with Crippen molar-refractivity contribution in [2.75, 3.05) is 12.4 Å². The summed E-state index contributed by atoms with van der Waals surface area (Å²) >= 11 is 5.13. The molecule has 0 spiro atoms. The van der Waals surface area contributed by atoms with E-state index in [2.05, 4.69) is 15.8 Å². The van der Waals surface area contributed by atoms with Crippen molar-refractivity contribution in [2.24, 2.45) is 5.10 Å². The number of benzene rings is 2. The predicted octanol–water partition coefficient (Wildman–Crippen LogP) is 2.52. The highest BCUT2D eigenvalue weighted by Gasteiger charge is 2.13. The summed E-state index contributed by atoms with van der Waals surface area (Å²) in [5.74, 6) is -0.724. The maximum absolute atomic E-state index is 9.82. The largest absolute Gasteiger partial charge is 0.504 e. The zero-order valence-corrected chi connectivity index (χ0v) is 13.9. The van der Waals surface area contributed by atoms with Gasteiger partial charge in [0.1, 0.15) is 5.75 Å². The van der Waals surface area contributed by atoms with Gasteiger partial charge in [-0.25, -0.2) is 0 Å². The summed E-state index contributed by atoms with van der Waals surface area (Å²) in [5.41, 5.74) is 4.04. The molecular formula is C16H17N3O4S. The molecule has 0 aliphatic carbocycles. The lowest BCUT2D eigenvalue weighted by atomic mass is 10.1. The van der Waals surface area contributed by atoms with E-state index in [1.807, 2.05) is 0 Å². The van der Waals surface area contributed by atoms with Crippen molar-refractivity contribution in [3.63, 3.8) is 0 Å². The number of thiocarbonyl (C=S) groups is 1. The van der Waals surface area contributed by atoms with Crippen LogP contribution in [0.3, 0.4) is 0 Å². The van der Waals surface area contributed by atoms with Gasteiger partial charge in [0, 0.05) is 11.3 Å². The fourth-order valence-corrected chi connectivity index (χ4v) is 2.05. The third kappa shape index (κ3) is 4.05. The van der Waals surface area contributed by atoms with Gasteiger partial charge >= 0.3 is 0 Å². The highest BCUT2D eigenvalue weighted by atomic mass is 32.1. The first kappa shape index (κ1) is 17.4. The normalized spacial score (nSPS) is 11.0. The molecule has 2 rings (SSSR count). The molecule has 2 aromatic rings. The van der Waals surface area contributed by atoms with E-state index in [1.165, 1.54) is 12.1 Å². The molecule has 0 unspecified atom stereocenters. The van der Waals surface area contributed by atoms with Crippen LogP contribution in [0.25, 0.3) is 0 Å². The van der Waals surface area contributed by atoms with Gasteiger partial charge in [-0.3, -0.25) is 5.43 Å². The molecule has 0 radical (unpaired) electrons. The summed E-state index contributed by atoms with van der Waals surface area (Å²) in [5, 5.41) is 35.9. The number of aromatic hydroxyl groups is 3. The van der Waals surface area contributed by atoms with Gasteiger partial charge in [-0.1, -0.05) is 0 Å². The van der Waals surface area contributed by atoms with Crippen LogP contribution in [0.1, 0.15) is 12.5 Å². The highest BCUT2D eigenvalue weighted by molar-refractivity contribution is 7.80. The van der Waals surface area contributed by atoms with Crippen LogP contribution in [0.4, 0.5) is 5.69 Å². The number of ether oxygens (including phenoxy) is 1. The minimum absolute atomic E-state index is 0.252. The first-order valence-electron chi connectivity index (χ1n) is 6.92. The number of hydrazone groups is 1. The molecule has 24 heavy (non-hydrogen) atoms. The van der Waals surface area contributed by atoms with Crippen LogP contribution < -0.4 is 15.5 Å². The Bertz CT molecular complexity index is 776. The Balaban J connectivity index is 2.03. The van der Waals surface area contributed by atoms with E-state index < -0.39 is 17.2 Å². The number of hydrogen-bond acceptors (Lipinski definition) is 6. The number of phenolic OH excluding ortho intramolecular Hbond substituents is 3. The second kappa shape index (κ2) is 7.51. The van der Waals surface area contributed by atoms with E-state index in [0.717, 1.165) is 11.4 Å². The quantitative estimate of drug-likeness (QED) is 0.250. The number of nitrogens with one attached hydrogen (secondary N) is 2. The van der Waals surface area contributed by atoms with Crippen LogP contribution in [0.15, 0.2) is 41.5 Å². The van der Waals surface area contributed by atoms with Crippen molar-refractivity contribution in [3.8, 4) is 23.0 Å². The number of rotatable bonds is 4. The molecule has 7 nitrogen and oxygen atoms in total. The Morgan fingerprint density at radius 2 is 1.71 bits per heavy atom. The zero-order chi connectivity index (χ0) is 17.7. The maximum atomic E-state index is 9.82. The van der Waals surface area contributed by atoms with Crippen LogP contribution in [0.2, 0.25) is 0 Å². The third-order valence-electron chi connectivity index (χ3n) is 3.19. The first-order chi connectivity index (χ1) is 11.4. The zero-order valence-electron chi connectivity index (χ0n) is 13.1. The Kier molecular flexibility index (Phi) is 5.43. The van der Waals surface area contributed by atoms with E-state index in [1.54, 1.807) is 38.3 Å². The van der Waals surface area contributed by atoms with Crippen LogP contribution >= 0.6 is 12.2 Å². The van der Waals surface area contributed by atoms with Crippen molar-refractivity contribution in [2.45, 2.75) is 6.92 Å². The number of nitrogens with zero attached hydrogens (tertiary/aromatic N) is 1. The molecule has 0 saturated heterocycles. The third-order valence-corrected chi connectivity index (χ3v) is 3.39. The summed E-state index contributed by atoms with van der Waals surface area (Å²) < 4.78 is 5.07. The van der Waals surface area contributed by atoms with Crippen molar-refractivity contribution >= 4 is 28.7 Å². The van der Waals surface area contributed by atoms with Crippen LogP contribution in [0.5, 0.6) is 23.0 Å². The van der Waals surface area contributed by atoms with E-state index >= 15 is 0 Å². The second-order valence-corrected chi connectivity index (χ2v) is 5.23. The summed E-state index contributed by atoms with van der Waals surface area (Å²) in [6.07, 6.45) is 0. The van der Waals surface area contributed by atoms with Crippen LogP contribution in [-0.4, -0.2) is 33.3 Å². The molecule has 0 amide bonds. The lowest BCUT2D eigenvalue weighted by Gasteiger charge is -2.10. The average Bonchev–Trinajstić information content (AvgIpc) is 2.58. The van der Waals surface area contributed by atoms with E-state index in [4.69, 9.17) is 17.0 Å².